The fourth-order valence-electron chi connectivity index (χ4n) is 5.36. The number of methoxy groups -OCH3 is 1. The van der Waals surface area contributed by atoms with Crippen molar-refractivity contribution < 1.29 is 43.7 Å². The van der Waals surface area contributed by atoms with Crippen LogP contribution in [0.3, 0.4) is 0 Å². The third-order valence-corrected chi connectivity index (χ3v) is 10.4. The van der Waals surface area contributed by atoms with Crippen LogP contribution in [0.2, 0.25) is 5.28 Å². The summed E-state index contributed by atoms with van der Waals surface area (Å²) in [5, 5.41) is 40.8. The molecule has 42 heavy (non-hydrogen) atoms. The lowest BCUT2D eigenvalue weighted by atomic mass is 10.1. The van der Waals surface area contributed by atoms with E-state index in [2.05, 4.69) is 25.5 Å². The first-order valence-corrected chi connectivity index (χ1v) is 15.9. The van der Waals surface area contributed by atoms with E-state index < -0.39 is 61.9 Å². The molecule has 3 heterocycles. The normalized spacial score (nSPS) is 26.5. The number of nitrogens with zero attached hydrogens (tertiary/aromatic N) is 3. The maximum atomic E-state index is 14.3. The number of halogens is 1. The van der Waals surface area contributed by atoms with Crippen LogP contribution in [-0.2, 0) is 28.4 Å². The molecule has 1 saturated carbocycles. The smallest absolute Gasteiger partial charge is 0.323 e. The average Bonchev–Trinajstić information content (AvgIpc) is 3.65. The zero-order chi connectivity index (χ0) is 30.8. The first-order chi connectivity index (χ1) is 19.9. The minimum atomic E-state index is -4.24. The highest BCUT2D eigenvalue weighted by atomic mass is 35.5. The molecule has 2 fully saturated rings. The van der Waals surface area contributed by atoms with Gasteiger partial charge in [-0.2, -0.15) is 4.98 Å². The number of carboxylic acid groups (broad SMARTS) is 1. The van der Waals surface area contributed by atoms with E-state index in [0.717, 1.165) is 25.7 Å². The number of esters is 1. The van der Waals surface area contributed by atoms with Crippen LogP contribution in [0.15, 0.2) is 12.3 Å². The number of hydrogen-bond donors (Lipinski definition) is 6. The number of fused-ring (bicyclic) bond motifs is 1. The third kappa shape index (κ3) is 6.73. The van der Waals surface area contributed by atoms with Gasteiger partial charge in [-0.25, -0.2) is 15.2 Å². The molecule has 2 aromatic heterocycles. The Morgan fingerprint density at radius 3 is 2.48 bits per heavy atom. The van der Waals surface area contributed by atoms with Crippen LogP contribution in [0.1, 0.15) is 52.7 Å². The van der Waals surface area contributed by atoms with Gasteiger partial charge in [0.15, 0.2) is 12.1 Å². The first-order valence-electron chi connectivity index (χ1n) is 13.8. The predicted molar refractivity (Wildman–Crippen MR) is 152 cm³/mol. The van der Waals surface area contributed by atoms with Crippen LogP contribution < -0.4 is 15.5 Å². The van der Waals surface area contributed by atoms with Gasteiger partial charge in [0, 0.05) is 19.3 Å². The summed E-state index contributed by atoms with van der Waals surface area (Å²) in [6.45, 7) is 4.32. The molecule has 1 saturated heterocycles. The van der Waals surface area contributed by atoms with E-state index in [1.54, 1.807) is 19.2 Å². The van der Waals surface area contributed by atoms with Gasteiger partial charge in [-0.1, -0.05) is 12.8 Å². The molecule has 2 aliphatic rings. The molecule has 15 nitrogen and oxygen atoms in total. The fraction of sp³-hybridized carbons (Fsp3) is 0.680. The van der Waals surface area contributed by atoms with E-state index in [9.17, 15) is 29.5 Å². The average molecular weight is 633 g/mol. The Hall–Kier alpha value is -2.36. The zero-order valence-electron chi connectivity index (χ0n) is 23.8. The highest BCUT2D eigenvalue weighted by Gasteiger charge is 2.54. The standard InChI is InChI=1S/C25H38ClN6O9P/c1-5-40-23(37)13(3)31-42(38,30-12(2)22(35)36)24(39-4)18-16(33)17(34)21(41-18)32-11-10-15-19(27-14-8-6-7-9-14)28-25(26)29-20(15)32/h10-14,16-18,21,24,33-34H,5-9H2,1-4H3,(H,35,36)(H,27,28,29)(H2,30,31,38)/t12?,13?,16-,17+,18+,21+,24?,42?/m0/s1. The number of aromatic nitrogens is 3. The van der Waals surface area contributed by atoms with Crippen LogP contribution in [0.5, 0.6) is 0 Å². The SMILES string of the molecule is CCOC(=O)C(C)NP(=O)(NC(C)C(=O)O)C(OC)[C@@H]1O[C@@H](n2ccc3c(NC4CCCC4)nc(Cl)nc32)[C@H](O)[C@@H]1O. The number of ether oxygens (including phenoxy) is 3. The molecule has 0 radical (unpaired) electrons. The second kappa shape index (κ2) is 13.5. The van der Waals surface area contributed by atoms with Crippen molar-refractivity contribution in [2.75, 3.05) is 19.0 Å². The Kier molecular flexibility index (Phi) is 10.5. The van der Waals surface area contributed by atoms with Crippen LogP contribution in [-0.4, -0.2) is 97.8 Å². The van der Waals surface area contributed by atoms with Crippen molar-refractivity contribution in [2.45, 2.75) is 95.0 Å². The van der Waals surface area contributed by atoms with E-state index in [1.165, 1.54) is 25.5 Å². The number of carbonyl (C=O) groups is 2. The number of aliphatic hydroxyl groups excluding tert-OH is 2. The molecule has 0 amide bonds. The van der Waals surface area contributed by atoms with Gasteiger partial charge >= 0.3 is 11.9 Å². The lowest BCUT2D eigenvalue weighted by Gasteiger charge is -2.34. The van der Waals surface area contributed by atoms with E-state index in [-0.39, 0.29) is 17.9 Å². The molecule has 0 bridgehead atoms. The monoisotopic (exact) mass is 632 g/mol. The minimum Gasteiger partial charge on any atom is -0.480 e. The molecule has 1 aliphatic carbocycles. The van der Waals surface area contributed by atoms with Gasteiger partial charge in [0.25, 0.3) is 0 Å². The van der Waals surface area contributed by atoms with Gasteiger partial charge in [-0.15, -0.1) is 0 Å². The molecule has 1 aliphatic heterocycles. The highest BCUT2D eigenvalue weighted by Crippen LogP contribution is 2.50. The number of nitrogens with one attached hydrogen (secondary N) is 3. The number of hydrogen-bond acceptors (Lipinski definition) is 11. The van der Waals surface area contributed by atoms with Gasteiger partial charge in [0.2, 0.25) is 12.7 Å². The number of carboxylic acids is 1. The van der Waals surface area contributed by atoms with Crippen molar-refractivity contribution in [2.24, 2.45) is 0 Å². The number of anilines is 1. The van der Waals surface area contributed by atoms with Crippen LogP contribution in [0.4, 0.5) is 5.82 Å². The molecule has 0 aromatic carbocycles. The summed E-state index contributed by atoms with van der Waals surface area (Å²) >= 11 is 6.25. The number of rotatable bonds is 13. The molecular formula is C25H38ClN6O9P. The maximum absolute atomic E-state index is 14.3. The lowest BCUT2D eigenvalue weighted by Crippen LogP contribution is -2.50. The predicted octanol–water partition coefficient (Wildman–Crippen LogP) is 1.83. The first kappa shape index (κ1) is 32.6. The van der Waals surface area contributed by atoms with Gasteiger partial charge in [0.1, 0.15) is 41.9 Å². The molecule has 8 atom stereocenters. The topological polar surface area (TPSA) is 206 Å². The second-order valence-corrected chi connectivity index (χ2v) is 13.2. The van der Waals surface area contributed by atoms with E-state index in [4.69, 9.17) is 25.8 Å². The van der Waals surface area contributed by atoms with E-state index >= 15 is 0 Å². The van der Waals surface area contributed by atoms with Gasteiger partial charge in [-0.3, -0.25) is 14.2 Å². The van der Waals surface area contributed by atoms with Crippen molar-refractivity contribution in [3.63, 3.8) is 0 Å². The molecule has 234 valence electrons. The second-order valence-electron chi connectivity index (χ2n) is 10.5. The lowest BCUT2D eigenvalue weighted by molar-refractivity contribution is -0.144. The Balaban J connectivity index is 1.66. The van der Waals surface area contributed by atoms with Crippen LogP contribution >= 0.6 is 19.0 Å². The fourth-order valence-corrected chi connectivity index (χ4v) is 8.22. The van der Waals surface area contributed by atoms with E-state index in [0.29, 0.717) is 16.9 Å². The molecule has 17 heteroatoms. The Labute approximate surface area is 247 Å². The Morgan fingerprint density at radius 1 is 1.19 bits per heavy atom. The molecule has 4 unspecified atom stereocenters. The van der Waals surface area contributed by atoms with Crippen molar-refractivity contribution in [1.82, 2.24) is 24.7 Å². The number of aliphatic carboxylic acids is 1. The molecule has 6 N–H and O–H groups in total. The summed E-state index contributed by atoms with van der Waals surface area (Å²) in [6, 6.07) is -0.536. The summed E-state index contributed by atoms with van der Waals surface area (Å²) in [6.07, 6.45) is -0.0287. The summed E-state index contributed by atoms with van der Waals surface area (Å²) < 4.78 is 32.4. The van der Waals surface area contributed by atoms with Crippen molar-refractivity contribution in [1.29, 1.82) is 0 Å². The van der Waals surface area contributed by atoms with E-state index in [1.807, 2.05) is 0 Å². The molecule has 2 aromatic rings. The quantitative estimate of drug-likeness (QED) is 0.106. The van der Waals surface area contributed by atoms with Crippen LogP contribution in [0.25, 0.3) is 11.0 Å². The van der Waals surface area contributed by atoms with Gasteiger partial charge in [0.05, 0.1) is 12.0 Å². The number of aliphatic hydroxyl groups is 2. The molecule has 4 rings (SSSR count). The summed E-state index contributed by atoms with van der Waals surface area (Å²) in [5.41, 5.74) is 0.330. The van der Waals surface area contributed by atoms with Crippen LogP contribution in [0, 0.1) is 0 Å². The summed E-state index contributed by atoms with van der Waals surface area (Å²) in [5.74, 6) is -3.08. The van der Waals surface area contributed by atoms with Gasteiger partial charge in [-0.05, 0) is 51.3 Å². The van der Waals surface area contributed by atoms with Gasteiger partial charge < -0.3 is 39.4 Å². The summed E-state index contributed by atoms with van der Waals surface area (Å²) in [4.78, 5) is 32.7. The Morgan fingerprint density at radius 2 is 1.86 bits per heavy atom. The third-order valence-electron chi connectivity index (χ3n) is 7.45. The summed E-state index contributed by atoms with van der Waals surface area (Å²) in [7, 11) is -3.05. The number of carbonyl (C=O) groups excluding carboxylic acids is 1. The molecular weight excluding hydrogens is 595 g/mol. The van der Waals surface area contributed by atoms with Crippen molar-refractivity contribution in [3.8, 4) is 0 Å². The largest absolute Gasteiger partial charge is 0.480 e. The Bertz CT molecular complexity index is 1320. The highest BCUT2D eigenvalue weighted by molar-refractivity contribution is 7.60. The maximum Gasteiger partial charge on any atom is 0.323 e. The zero-order valence-corrected chi connectivity index (χ0v) is 25.4. The minimum absolute atomic E-state index is 0.0317. The van der Waals surface area contributed by atoms with Crippen molar-refractivity contribution in [3.05, 3.63) is 17.5 Å². The molecule has 0 spiro atoms. The van der Waals surface area contributed by atoms with Crippen molar-refractivity contribution >= 4 is 47.8 Å².